The van der Waals surface area contributed by atoms with E-state index in [-0.39, 0.29) is 0 Å². The van der Waals surface area contributed by atoms with Crippen molar-refractivity contribution in [3.8, 4) is 17.2 Å². The predicted octanol–water partition coefficient (Wildman–Crippen LogP) is 4.78. The fourth-order valence-electron chi connectivity index (χ4n) is 3.12. The van der Waals surface area contributed by atoms with Crippen LogP contribution in [0.2, 0.25) is 0 Å². The summed E-state index contributed by atoms with van der Waals surface area (Å²) in [4.78, 5) is 15.7. The summed E-state index contributed by atoms with van der Waals surface area (Å²) in [6.07, 6.45) is 3.76. The van der Waals surface area contributed by atoms with Crippen molar-refractivity contribution in [2.75, 3.05) is 6.26 Å². The van der Waals surface area contributed by atoms with Crippen LogP contribution < -0.4 is 5.73 Å². The number of thioether (sulfide) groups is 1. The normalized spacial score (nSPS) is 11.5. The highest BCUT2D eigenvalue weighted by atomic mass is 32.2. The van der Waals surface area contributed by atoms with Crippen molar-refractivity contribution in [1.29, 1.82) is 5.26 Å². The molecular formula is C21H19N3OS. The van der Waals surface area contributed by atoms with Crippen molar-refractivity contribution in [2.45, 2.75) is 13.8 Å². The van der Waals surface area contributed by atoms with E-state index in [0.717, 1.165) is 38.9 Å². The van der Waals surface area contributed by atoms with Crippen LogP contribution in [0, 0.1) is 25.2 Å². The van der Waals surface area contributed by atoms with Crippen LogP contribution in [0.5, 0.6) is 0 Å². The van der Waals surface area contributed by atoms with Crippen LogP contribution in [0.25, 0.3) is 28.1 Å². The summed E-state index contributed by atoms with van der Waals surface area (Å²) >= 11 is 1.42. The maximum Gasteiger partial charge on any atom is 0.250 e. The fourth-order valence-corrected chi connectivity index (χ4v) is 3.47. The van der Waals surface area contributed by atoms with Crippen LogP contribution in [0.3, 0.4) is 0 Å². The Labute approximate surface area is 156 Å². The number of nitrogens with one attached hydrogen (secondary N) is 1. The van der Waals surface area contributed by atoms with Crippen molar-refractivity contribution in [1.82, 2.24) is 4.98 Å². The maximum atomic E-state index is 11.8. The Morgan fingerprint density at radius 3 is 2.69 bits per heavy atom. The van der Waals surface area contributed by atoms with Gasteiger partial charge in [-0.05, 0) is 60.6 Å². The number of nitriles is 1. The Balaban J connectivity index is 2.24. The minimum atomic E-state index is -0.446. The number of primary amides is 1. The number of aryl methyl sites for hydroxylation is 2. The van der Waals surface area contributed by atoms with E-state index in [9.17, 15) is 4.79 Å². The highest BCUT2D eigenvalue weighted by molar-refractivity contribution is 8.02. The first-order valence-corrected chi connectivity index (χ1v) is 9.36. The molecule has 1 amide bonds. The van der Waals surface area contributed by atoms with Gasteiger partial charge in [-0.2, -0.15) is 5.26 Å². The summed E-state index contributed by atoms with van der Waals surface area (Å²) in [5, 5.41) is 10.2. The van der Waals surface area contributed by atoms with Gasteiger partial charge < -0.3 is 10.7 Å². The zero-order valence-corrected chi connectivity index (χ0v) is 15.7. The molecule has 0 fully saturated rings. The molecule has 0 unspecified atom stereocenters. The molecule has 3 aromatic rings. The molecule has 1 aromatic heterocycles. The van der Waals surface area contributed by atoms with Gasteiger partial charge in [-0.3, -0.25) is 4.79 Å². The number of nitrogens with two attached hydrogens (primary N) is 1. The largest absolute Gasteiger partial charge is 0.366 e. The Morgan fingerprint density at radius 2 is 2.04 bits per heavy atom. The second-order valence-electron chi connectivity index (χ2n) is 6.10. The zero-order valence-electron chi connectivity index (χ0n) is 14.9. The van der Waals surface area contributed by atoms with Gasteiger partial charge in [-0.25, -0.2) is 0 Å². The van der Waals surface area contributed by atoms with Gasteiger partial charge in [0.05, 0.1) is 16.0 Å². The molecule has 3 rings (SSSR count). The van der Waals surface area contributed by atoms with Gasteiger partial charge >= 0.3 is 0 Å². The minimum Gasteiger partial charge on any atom is -0.366 e. The molecular weight excluding hydrogens is 342 g/mol. The molecule has 0 aliphatic rings. The highest BCUT2D eigenvalue weighted by Crippen LogP contribution is 2.35. The predicted molar refractivity (Wildman–Crippen MR) is 109 cm³/mol. The van der Waals surface area contributed by atoms with Crippen molar-refractivity contribution in [3.63, 3.8) is 0 Å². The summed E-state index contributed by atoms with van der Waals surface area (Å²) in [5.74, 6) is -0.446. The Kier molecular flexibility index (Phi) is 4.88. The Hall–Kier alpha value is -2.97. The average molecular weight is 361 g/mol. The molecule has 130 valence electrons. The summed E-state index contributed by atoms with van der Waals surface area (Å²) in [7, 11) is 0. The number of H-pyrrole nitrogens is 1. The molecule has 1 heterocycles. The van der Waals surface area contributed by atoms with Gasteiger partial charge in [-0.1, -0.05) is 24.3 Å². The van der Waals surface area contributed by atoms with Crippen LogP contribution in [-0.2, 0) is 0 Å². The van der Waals surface area contributed by atoms with E-state index in [2.05, 4.69) is 11.1 Å². The minimum absolute atomic E-state index is 0.446. The van der Waals surface area contributed by atoms with Crippen LogP contribution in [-0.4, -0.2) is 17.1 Å². The Morgan fingerprint density at radius 1 is 1.27 bits per heavy atom. The number of hydrogen-bond acceptors (Lipinski definition) is 3. The number of fused-ring (bicyclic) bond motifs is 1. The lowest BCUT2D eigenvalue weighted by atomic mass is 9.95. The highest BCUT2D eigenvalue weighted by Gasteiger charge is 2.16. The molecule has 4 nitrogen and oxygen atoms in total. The maximum absolute atomic E-state index is 11.8. The molecule has 26 heavy (non-hydrogen) atoms. The molecule has 0 aliphatic heterocycles. The van der Waals surface area contributed by atoms with Crippen LogP contribution >= 0.6 is 11.8 Å². The van der Waals surface area contributed by atoms with Crippen LogP contribution in [0.4, 0.5) is 0 Å². The number of carbonyl (C=O) groups excluding carboxylic acids is 1. The molecule has 0 atom stereocenters. The molecule has 0 radical (unpaired) electrons. The third-order valence-corrected chi connectivity index (χ3v) is 5.20. The summed E-state index contributed by atoms with van der Waals surface area (Å²) in [6, 6.07) is 13.9. The molecule has 5 heteroatoms. The second kappa shape index (κ2) is 7.11. The van der Waals surface area contributed by atoms with E-state index in [4.69, 9.17) is 11.0 Å². The van der Waals surface area contributed by atoms with Crippen molar-refractivity contribution < 1.29 is 4.79 Å². The lowest BCUT2D eigenvalue weighted by Crippen LogP contribution is -2.11. The molecule has 2 aromatic carbocycles. The molecule has 0 saturated heterocycles. The van der Waals surface area contributed by atoms with Gasteiger partial charge in [0.2, 0.25) is 0 Å². The lowest BCUT2D eigenvalue weighted by molar-refractivity contribution is 0.100. The van der Waals surface area contributed by atoms with E-state index < -0.39 is 5.91 Å². The number of aromatic amines is 1. The second-order valence-corrected chi connectivity index (χ2v) is 6.95. The molecule has 0 bridgehead atoms. The van der Waals surface area contributed by atoms with Gasteiger partial charge in [0.25, 0.3) is 5.91 Å². The molecule has 0 aliphatic carbocycles. The van der Waals surface area contributed by atoms with Crippen LogP contribution in [0.15, 0.2) is 41.3 Å². The first-order valence-electron chi connectivity index (χ1n) is 8.14. The van der Waals surface area contributed by atoms with Crippen molar-refractivity contribution >= 4 is 34.6 Å². The monoisotopic (exact) mass is 361 g/mol. The van der Waals surface area contributed by atoms with Crippen LogP contribution in [0.1, 0.15) is 27.2 Å². The molecule has 3 N–H and O–H groups in total. The first-order chi connectivity index (χ1) is 12.5. The van der Waals surface area contributed by atoms with Gasteiger partial charge in [-0.15, -0.1) is 11.8 Å². The number of nitrogens with zero attached hydrogens (tertiary/aromatic N) is 1. The van der Waals surface area contributed by atoms with E-state index in [1.54, 1.807) is 6.07 Å². The quantitative estimate of drug-likeness (QED) is 0.656. The Bertz CT molecular complexity index is 1090. The smallest absolute Gasteiger partial charge is 0.250 e. The van der Waals surface area contributed by atoms with Gasteiger partial charge in [0.1, 0.15) is 6.07 Å². The summed E-state index contributed by atoms with van der Waals surface area (Å²) < 4.78 is 0. The number of benzene rings is 2. The number of carbonyl (C=O) groups is 1. The number of amides is 1. The third-order valence-electron chi connectivity index (χ3n) is 4.55. The van der Waals surface area contributed by atoms with Gasteiger partial charge in [0, 0.05) is 11.1 Å². The number of rotatable bonds is 4. The zero-order chi connectivity index (χ0) is 18.8. The number of allylic oxidation sites excluding steroid dienone is 1. The standard InChI is InChI=1S/C21H19N3OS/c1-12-13(2)24-20-18(21(23)25)8-7-17(19(12)20)15-6-4-5-14(9-15)10-16(11-22)26-3/h4-10,24H,1-3H3,(H2,23,25)/b16-10+. The van der Waals surface area contributed by atoms with E-state index in [1.807, 2.05) is 56.5 Å². The SMILES string of the molecule is CS/C(C#N)=C/c1cccc(-c2ccc(C(N)=O)c3[nH]c(C)c(C)c23)c1. The van der Waals surface area contributed by atoms with E-state index >= 15 is 0 Å². The number of hydrogen-bond donors (Lipinski definition) is 2. The summed E-state index contributed by atoms with van der Waals surface area (Å²) in [6.45, 7) is 4.02. The third kappa shape index (κ3) is 3.12. The molecule has 0 spiro atoms. The van der Waals surface area contributed by atoms with E-state index in [1.165, 1.54) is 11.8 Å². The first kappa shape index (κ1) is 17.8. The number of aromatic nitrogens is 1. The lowest BCUT2D eigenvalue weighted by Gasteiger charge is -2.09. The average Bonchev–Trinajstić information content (AvgIpc) is 2.94. The summed E-state index contributed by atoms with van der Waals surface area (Å²) in [5.41, 5.74) is 11.9. The van der Waals surface area contributed by atoms with E-state index in [0.29, 0.717) is 10.5 Å². The van der Waals surface area contributed by atoms with Gasteiger partial charge in [0.15, 0.2) is 0 Å². The van der Waals surface area contributed by atoms with Crippen molar-refractivity contribution in [3.05, 3.63) is 63.7 Å². The topological polar surface area (TPSA) is 82.7 Å². The van der Waals surface area contributed by atoms with Crippen molar-refractivity contribution in [2.24, 2.45) is 5.73 Å². The fraction of sp³-hybridized carbons (Fsp3) is 0.143. The molecule has 0 saturated carbocycles.